The van der Waals surface area contributed by atoms with Gasteiger partial charge in [-0.05, 0) is 42.2 Å². The van der Waals surface area contributed by atoms with Crippen LogP contribution in [0.2, 0.25) is 0 Å². The van der Waals surface area contributed by atoms with E-state index in [1.807, 2.05) is 37.3 Å². The number of nitrogens with zero attached hydrogens (tertiary/aromatic N) is 3. The van der Waals surface area contributed by atoms with E-state index in [0.717, 1.165) is 26.6 Å². The molecule has 0 aliphatic heterocycles. The van der Waals surface area contributed by atoms with E-state index in [-0.39, 0.29) is 11.2 Å². The highest BCUT2D eigenvalue weighted by Crippen LogP contribution is 2.36. The molecule has 1 heterocycles. The Morgan fingerprint density at radius 1 is 1.05 bits per heavy atom. The summed E-state index contributed by atoms with van der Waals surface area (Å²) in [5.74, 6) is 0.234. The topological polar surface area (TPSA) is 50.9 Å². The molecule has 114 valence electrons. The van der Waals surface area contributed by atoms with Gasteiger partial charge in [0.2, 0.25) is 0 Å². The molecule has 1 N–H and O–H groups in total. The number of benzene rings is 2. The fourth-order valence-corrected chi connectivity index (χ4v) is 2.83. The van der Waals surface area contributed by atoms with Gasteiger partial charge < -0.3 is 5.11 Å². The molecule has 3 aromatic rings. The van der Waals surface area contributed by atoms with Crippen LogP contribution in [0.1, 0.15) is 31.9 Å². The Kier molecular flexibility index (Phi) is 3.48. The van der Waals surface area contributed by atoms with Gasteiger partial charge in [0.05, 0.1) is 0 Å². The molecule has 22 heavy (non-hydrogen) atoms. The Balaban J connectivity index is 2.24. The summed E-state index contributed by atoms with van der Waals surface area (Å²) in [5.41, 5.74) is 4.00. The minimum atomic E-state index is -0.152. The van der Waals surface area contributed by atoms with Crippen LogP contribution in [0.4, 0.5) is 0 Å². The van der Waals surface area contributed by atoms with Crippen molar-refractivity contribution >= 4 is 27.0 Å². The molecule has 4 nitrogen and oxygen atoms in total. The second-order valence-electron chi connectivity index (χ2n) is 6.55. The fourth-order valence-electron chi connectivity index (χ4n) is 2.48. The van der Waals surface area contributed by atoms with Crippen molar-refractivity contribution in [1.82, 2.24) is 15.0 Å². The highest BCUT2D eigenvalue weighted by Gasteiger charge is 2.22. The number of phenolic OH excluding ortho intramolecular Hbond substituents is 1. The average Bonchev–Trinajstić information content (AvgIpc) is 2.82. The molecular formula is C17H18BrN3O. The maximum Gasteiger partial charge on any atom is 0.146 e. The third-order valence-corrected chi connectivity index (χ3v) is 4.09. The number of phenols is 1. The predicted molar refractivity (Wildman–Crippen MR) is 91.7 cm³/mol. The van der Waals surface area contributed by atoms with E-state index in [2.05, 4.69) is 46.9 Å². The molecule has 0 aliphatic rings. The second kappa shape index (κ2) is 5.09. The Morgan fingerprint density at radius 2 is 1.73 bits per heavy atom. The first-order valence-electron chi connectivity index (χ1n) is 7.13. The molecule has 2 aromatic carbocycles. The van der Waals surface area contributed by atoms with Gasteiger partial charge in [0.15, 0.2) is 0 Å². The van der Waals surface area contributed by atoms with E-state index in [4.69, 9.17) is 0 Å². The SMILES string of the molecule is Cc1cc(-n2nc3ccc(Br)cc3n2)c(O)c(C(C)(C)C)c1. The molecule has 0 aliphatic carbocycles. The molecule has 0 saturated heterocycles. The Hall–Kier alpha value is -1.88. The van der Waals surface area contributed by atoms with Crippen molar-refractivity contribution in [3.8, 4) is 11.4 Å². The van der Waals surface area contributed by atoms with Gasteiger partial charge in [0.1, 0.15) is 22.5 Å². The van der Waals surface area contributed by atoms with Crippen LogP contribution in [-0.4, -0.2) is 20.1 Å². The van der Waals surface area contributed by atoms with E-state index in [1.54, 1.807) is 0 Å². The monoisotopic (exact) mass is 359 g/mol. The number of hydrogen-bond acceptors (Lipinski definition) is 3. The standard InChI is InChI=1S/C17H18BrN3O/c1-10-7-12(17(2,3)4)16(22)15(8-10)21-19-13-6-5-11(18)9-14(13)20-21/h5-9,22H,1-4H3. The van der Waals surface area contributed by atoms with Gasteiger partial charge in [0.25, 0.3) is 0 Å². The van der Waals surface area contributed by atoms with Crippen LogP contribution in [-0.2, 0) is 5.41 Å². The molecule has 3 rings (SSSR count). The van der Waals surface area contributed by atoms with Gasteiger partial charge in [-0.3, -0.25) is 0 Å². The Labute approximate surface area is 137 Å². The van der Waals surface area contributed by atoms with Crippen LogP contribution in [0.25, 0.3) is 16.7 Å². The summed E-state index contributed by atoms with van der Waals surface area (Å²) in [6, 6.07) is 9.66. The lowest BCUT2D eigenvalue weighted by atomic mass is 9.85. The van der Waals surface area contributed by atoms with E-state index in [9.17, 15) is 5.11 Å². The van der Waals surface area contributed by atoms with Crippen molar-refractivity contribution in [2.75, 3.05) is 0 Å². The third-order valence-electron chi connectivity index (χ3n) is 3.60. The zero-order valence-corrected chi connectivity index (χ0v) is 14.6. The van der Waals surface area contributed by atoms with Gasteiger partial charge in [-0.2, -0.15) is 0 Å². The Bertz CT molecular complexity index is 862. The van der Waals surface area contributed by atoms with E-state index in [0.29, 0.717) is 5.69 Å². The van der Waals surface area contributed by atoms with E-state index >= 15 is 0 Å². The number of rotatable bonds is 1. The van der Waals surface area contributed by atoms with Crippen LogP contribution in [0.3, 0.4) is 0 Å². The number of fused-ring (bicyclic) bond motifs is 1. The molecule has 0 bridgehead atoms. The lowest BCUT2D eigenvalue weighted by molar-refractivity contribution is 0.440. The van der Waals surface area contributed by atoms with Gasteiger partial charge >= 0.3 is 0 Å². The van der Waals surface area contributed by atoms with Crippen molar-refractivity contribution in [2.24, 2.45) is 0 Å². The first-order chi connectivity index (χ1) is 10.3. The van der Waals surface area contributed by atoms with Crippen LogP contribution < -0.4 is 0 Å². The van der Waals surface area contributed by atoms with Crippen molar-refractivity contribution in [3.05, 3.63) is 45.9 Å². The number of aromatic hydroxyl groups is 1. The van der Waals surface area contributed by atoms with Crippen LogP contribution >= 0.6 is 15.9 Å². The molecular weight excluding hydrogens is 342 g/mol. The minimum absolute atomic E-state index is 0.152. The maximum atomic E-state index is 10.7. The van der Waals surface area contributed by atoms with Gasteiger partial charge in [-0.1, -0.05) is 42.8 Å². The summed E-state index contributed by atoms with van der Waals surface area (Å²) in [7, 11) is 0. The van der Waals surface area contributed by atoms with E-state index < -0.39 is 0 Å². The van der Waals surface area contributed by atoms with Crippen molar-refractivity contribution in [1.29, 1.82) is 0 Å². The molecule has 1 aromatic heterocycles. The fraction of sp³-hybridized carbons (Fsp3) is 0.294. The number of aromatic nitrogens is 3. The highest BCUT2D eigenvalue weighted by atomic mass is 79.9. The second-order valence-corrected chi connectivity index (χ2v) is 7.47. The highest BCUT2D eigenvalue weighted by molar-refractivity contribution is 9.10. The first kappa shape index (κ1) is 15.0. The lowest BCUT2D eigenvalue weighted by Crippen LogP contribution is -2.13. The smallest absolute Gasteiger partial charge is 0.146 e. The number of hydrogen-bond donors (Lipinski definition) is 1. The molecule has 0 saturated carbocycles. The summed E-state index contributed by atoms with van der Waals surface area (Å²) >= 11 is 3.44. The predicted octanol–water partition coefficient (Wildman–Crippen LogP) is 4.49. The van der Waals surface area contributed by atoms with Crippen molar-refractivity contribution in [3.63, 3.8) is 0 Å². The minimum Gasteiger partial charge on any atom is -0.505 e. The van der Waals surface area contributed by atoms with Crippen LogP contribution in [0.5, 0.6) is 5.75 Å². The first-order valence-corrected chi connectivity index (χ1v) is 7.92. The van der Waals surface area contributed by atoms with Crippen LogP contribution in [0, 0.1) is 6.92 Å². The molecule has 0 atom stereocenters. The zero-order valence-electron chi connectivity index (χ0n) is 13.1. The van der Waals surface area contributed by atoms with Gasteiger partial charge in [-0.15, -0.1) is 15.0 Å². The Morgan fingerprint density at radius 3 is 2.41 bits per heavy atom. The van der Waals surface area contributed by atoms with Crippen LogP contribution in [0.15, 0.2) is 34.8 Å². The summed E-state index contributed by atoms with van der Waals surface area (Å²) in [6.45, 7) is 8.25. The van der Waals surface area contributed by atoms with E-state index in [1.165, 1.54) is 4.80 Å². The molecule has 5 heteroatoms. The molecule has 0 fully saturated rings. The summed E-state index contributed by atoms with van der Waals surface area (Å²) < 4.78 is 0.955. The summed E-state index contributed by atoms with van der Waals surface area (Å²) in [5, 5.41) is 19.6. The maximum absolute atomic E-state index is 10.7. The summed E-state index contributed by atoms with van der Waals surface area (Å²) in [4.78, 5) is 1.51. The molecule has 0 amide bonds. The van der Waals surface area contributed by atoms with Gasteiger partial charge in [0, 0.05) is 10.0 Å². The molecule has 0 radical (unpaired) electrons. The largest absolute Gasteiger partial charge is 0.505 e. The number of halogens is 1. The molecule has 0 spiro atoms. The van der Waals surface area contributed by atoms with Gasteiger partial charge in [-0.25, -0.2) is 0 Å². The lowest BCUT2D eigenvalue weighted by Gasteiger charge is -2.22. The normalized spacial score (nSPS) is 12.0. The quantitative estimate of drug-likeness (QED) is 0.695. The average molecular weight is 360 g/mol. The van der Waals surface area contributed by atoms with Crippen molar-refractivity contribution < 1.29 is 5.11 Å². The molecule has 0 unspecified atom stereocenters. The third kappa shape index (κ3) is 2.61. The zero-order chi connectivity index (χ0) is 16.1. The van der Waals surface area contributed by atoms with Crippen molar-refractivity contribution in [2.45, 2.75) is 33.1 Å². The number of aryl methyl sites for hydroxylation is 1. The summed E-state index contributed by atoms with van der Waals surface area (Å²) in [6.07, 6.45) is 0.